The molecule has 1 amide bonds. The first kappa shape index (κ1) is 15.0. The van der Waals surface area contributed by atoms with Crippen LogP contribution in [-0.2, 0) is 6.42 Å². The van der Waals surface area contributed by atoms with Gasteiger partial charge in [0.15, 0.2) is 0 Å². The van der Waals surface area contributed by atoms with E-state index in [0.29, 0.717) is 18.7 Å². The lowest BCUT2D eigenvalue weighted by Gasteiger charge is -2.04. The van der Waals surface area contributed by atoms with Gasteiger partial charge in [0.2, 0.25) is 0 Å². The molecule has 3 rings (SSSR count). The molecule has 0 unspecified atom stereocenters. The number of rotatable bonds is 5. The molecule has 0 spiro atoms. The van der Waals surface area contributed by atoms with Gasteiger partial charge in [-0.1, -0.05) is 12.1 Å². The fraction of sp³-hybridized carbons (Fsp3) is 0.167. The topological polar surface area (TPSA) is 74.4 Å². The van der Waals surface area contributed by atoms with Gasteiger partial charge in [0.25, 0.3) is 5.91 Å². The molecule has 1 heterocycles. The van der Waals surface area contributed by atoms with Crippen molar-refractivity contribution in [2.75, 3.05) is 13.7 Å². The summed E-state index contributed by atoms with van der Waals surface area (Å²) in [7, 11) is 1.62. The molecule has 0 radical (unpaired) electrons. The molecule has 2 aromatic carbocycles. The van der Waals surface area contributed by atoms with E-state index in [4.69, 9.17) is 4.74 Å². The highest BCUT2D eigenvalue weighted by Crippen LogP contribution is 2.21. The average Bonchev–Trinajstić information content (AvgIpc) is 2.99. The van der Waals surface area contributed by atoms with Gasteiger partial charge in [-0.25, -0.2) is 0 Å². The van der Waals surface area contributed by atoms with Gasteiger partial charge in [0, 0.05) is 17.4 Å². The molecule has 3 N–H and O–H groups in total. The number of nitrogens with one attached hydrogen (secondary N) is 2. The third-order valence-corrected chi connectivity index (χ3v) is 3.71. The summed E-state index contributed by atoms with van der Waals surface area (Å²) in [6.07, 6.45) is 0.708. The van der Waals surface area contributed by atoms with Crippen molar-refractivity contribution in [3.8, 4) is 11.5 Å². The Kier molecular flexibility index (Phi) is 4.19. The predicted molar refractivity (Wildman–Crippen MR) is 89.0 cm³/mol. The maximum atomic E-state index is 12.2. The fourth-order valence-electron chi connectivity index (χ4n) is 2.44. The van der Waals surface area contributed by atoms with Gasteiger partial charge >= 0.3 is 0 Å². The summed E-state index contributed by atoms with van der Waals surface area (Å²) >= 11 is 0. The van der Waals surface area contributed by atoms with Crippen molar-refractivity contribution in [2.24, 2.45) is 0 Å². The fourth-order valence-corrected chi connectivity index (χ4v) is 2.44. The molecule has 0 fully saturated rings. The molecule has 23 heavy (non-hydrogen) atoms. The van der Waals surface area contributed by atoms with Crippen LogP contribution in [0.4, 0.5) is 0 Å². The maximum Gasteiger partial charge on any atom is 0.267 e. The minimum Gasteiger partial charge on any atom is -0.508 e. The smallest absolute Gasteiger partial charge is 0.267 e. The first-order valence-electron chi connectivity index (χ1n) is 7.38. The van der Waals surface area contributed by atoms with E-state index in [2.05, 4.69) is 10.3 Å². The molecule has 118 valence electrons. The number of benzene rings is 2. The Morgan fingerprint density at radius 2 is 1.96 bits per heavy atom. The van der Waals surface area contributed by atoms with Crippen LogP contribution < -0.4 is 10.1 Å². The minimum absolute atomic E-state index is 0.140. The number of aromatic hydroxyl groups is 1. The number of fused-ring (bicyclic) bond motifs is 1. The Labute approximate surface area is 133 Å². The van der Waals surface area contributed by atoms with Crippen LogP contribution in [0.2, 0.25) is 0 Å². The van der Waals surface area contributed by atoms with Gasteiger partial charge in [-0.15, -0.1) is 0 Å². The summed E-state index contributed by atoms with van der Waals surface area (Å²) in [4.78, 5) is 15.3. The van der Waals surface area contributed by atoms with Crippen molar-refractivity contribution in [3.05, 3.63) is 59.8 Å². The molecule has 0 saturated carbocycles. The van der Waals surface area contributed by atoms with Crippen molar-refractivity contribution in [3.63, 3.8) is 0 Å². The van der Waals surface area contributed by atoms with E-state index in [-0.39, 0.29) is 11.7 Å². The van der Waals surface area contributed by atoms with Crippen molar-refractivity contribution in [1.29, 1.82) is 0 Å². The number of methoxy groups -OCH3 is 1. The lowest BCUT2D eigenvalue weighted by molar-refractivity contribution is 0.0950. The molecule has 5 heteroatoms. The number of H-pyrrole nitrogens is 1. The predicted octanol–water partition coefficient (Wildman–Crippen LogP) is 2.85. The quantitative estimate of drug-likeness (QED) is 0.678. The number of carbonyl (C=O) groups is 1. The molecular formula is C18H18N2O3. The van der Waals surface area contributed by atoms with Gasteiger partial charge < -0.3 is 20.1 Å². The molecule has 5 nitrogen and oxygen atoms in total. The molecule has 0 saturated heterocycles. The number of phenolic OH excluding ortho intramolecular Hbond substituents is 1. The summed E-state index contributed by atoms with van der Waals surface area (Å²) < 4.78 is 5.18. The number of hydrogen-bond acceptors (Lipinski definition) is 3. The van der Waals surface area contributed by atoms with E-state index in [0.717, 1.165) is 22.2 Å². The highest BCUT2D eigenvalue weighted by Gasteiger charge is 2.09. The van der Waals surface area contributed by atoms with Gasteiger partial charge in [-0.05, 0) is 48.4 Å². The zero-order valence-corrected chi connectivity index (χ0v) is 12.8. The lowest BCUT2D eigenvalue weighted by atomic mass is 10.1. The van der Waals surface area contributed by atoms with E-state index in [1.54, 1.807) is 19.2 Å². The van der Waals surface area contributed by atoms with E-state index in [1.165, 1.54) is 0 Å². The second-order valence-electron chi connectivity index (χ2n) is 5.31. The number of aromatic nitrogens is 1. The summed E-state index contributed by atoms with van der Waals surface area (Å²) in [6, 6.07) is 14.4. The van der Waals surface area contributed by atoms with Crippen molar-refractivity contribution >= 4 is 16.8 Å². The van der Waals surface area contributed by atoms with Crippen molar-refractivity contribution < 1.29 is 14.6 Å². The highest BCUT2D eigenvalue weighted by molar-refractivity contribution is 5.98. The molecule has 0 aliphatic heterocycles. The zero-order chi connectivity index (χ0) is 16.2. The van der Waals surface area contributed by atoms with Crippen LogP contribution in [0.3, 0.4) is 0 Å². The number of carbonyl (C=O) groups excluding carboxylic acids is 1. The summed E-state index contributed by atoms with van der Waals surface area (Å²) in [5.74, 6) is 0.862. The zero-order valence-electron chi connectivity index (χ0n) is 12.8. The molecule has 0 aliphatic carbocycles. The van der Waals surface area contributed by atoms with Crippen LogP contribution in [0.5, 0.6) is 11.5 Å². The average molecular weight is 310 g/mol. The highest BCUT2D eigenvalue weighted by atomic mass is 16.5. The van der Waals surface area contributed by atoms with Crippen molar-refractivity contribution in [2.45, 2.75) is 6.42 Å². The molecule has 0 aliphatic rings. The van der Waals surface area contributed by atoms with Crippen LogP contribution in [-0.4, -0.2) is 29.7 Å². The number of phenols is 1. The van der Waals surface area contributed by atoms with Gasteiger partial charge in [-0.2, -0.15) is 0 Å². The summed E-state index contributed by atoms with van der Waals surface area (Å²) in [5.41, 5.74) is 2.48. The number of ether oxygens (including phenoxy) is 1. The normalized spacial score (nSPS) is 10.7. The van der Waals surface area contributed by atoms with E-state index >= 15 is 0 Å². The first-order valence-corrected chi connectivity index (χ1v) is 7.38. The summed E-state index contributed by atoms with van der Waals surface area (Å²) in [6.45, 7) is 0.530. The lowest BCUT2D eigenvalue weighted by Crippen LogP contribution is -2.25. The van der Waals surface area contributed by atoms with Crippen molar-refractivity contribution in [1.82, 2.24) is 10.3 Å². The number of amides is 1. The minimum atomic E-state index is -0.140. The Hall–Kier alpha value is -2.95. The maximum absolute atomic E-state index is 12.2. The molecule has 0 bridgehead atoms. The Morgan fingerprint density at radius 3 is 2.70 bits per heavy atom. The Morgan fingerprint density at radius 1 is 1.17 bits per heavy atom. The van der Waals surface area contributed by atoms with E-state index in [1.807, 2.05) is 36.4 Å². The largest absolute Gasteiger partial charge is 0.508 e. The Bertz CT molecular complexity index is 822. The standard InChI is InChI=1S/C18H18N2O3/c1-23-15-6-7-16-13(10-15)11-17(20-16)18(22)19-9-8-12-2-4-14(21)5-3-12/h2-7,10-11,20-21H,8-9H2,1H3,(H,19,22). The third-order valence-electron chi connectivity index (χ3n) is 3.71. The van der Waals surface area contributed by atoms with E-state index in [9.17, 15) is 9.90 Å². The van der Waals surface area contributed by atoms with Crippen LogP contribution in [0, 0.1) is 0 Å². The van der Waals surface area contributed by atoms with Crippen LogP contribution in [0.1, 0.15) is 16.1 Å². The second kappa shape index (κ2) is 6.44. The van der Waals surface area contributed by atoms with Gasteiger partial charge in [0.05, 0.1) is 7.11 Å². The molecular weight excluding hydrogens is 292 g/mol. The van der Waals surface area contributed by atoms with E-state index < -0.39 is 0 Å². The van der Waals surface area contributed by atoms with Crippen LogP contribution >= 0.6 is 0 Å². The monoisotopic (exact) mass is 310 g/mol. The number of hydrogen-bond donors (Lipinski definition) is 3. The number of aromatic amines is 1. The van der Waals surface area contributed by atoms with Gasteiger partial charge in [-0.3, -0.25) is 4.79 Å². The van der Waals surface area contributed by atoms with Crippen LogP contribution in [0.25, 0.3) is 10.9 Å². The first-order chi connectivity index (χ1) is 11.2. The Balaban J connectivity index is 1.62. The molecule has 3 aromatic rings. The SMILES string of the molecule is COc1ccc2[nH]c(C(=O)NCCc3ccc(O)cc3)cc2c1. The third kappa shape index (κ3) is 3.45. The molecule has 0 atom stereocenters. The summed E-state index contributed by atoms with van der Waals surface area (Å²) in [5, 5.41) is 13.1. The van der Waals surface area contributed by atoms with Gasteiger partial charge in [0.1, 0.15) is 17.2 Å². The van der Waals surface area contributed by atoms with Crippen LogP contribution in [0.15, 0.2) is 48.5 Å². The molecule has 1 aromatic heterocycles. The second-order valence-corrected chi connectivity index (χ2v) is 5.31.